The Hall–Kier alpha value is -3.15. The molecule has 30 heavy (non-hydrogen) atoms. The fourth-order valence-electron chi connectivity index (χ4n) is 4.10. The van der Waals surface area contributed by atoms with E-state index >= 15 is 0 Å². The second-order valence-corrected chi connectivity index (χ2v) is 8.26. The molecule has 1 fully saturated rings. The van der Waals surface area contributed by atoms with Gasteiger partial charge in [0.1, 0.15) is 5.82 Å². The number of benzene rings is 1. The topological polar surface area (TPSA) is 63.1 Å². The van der Waals surface area contributed by atoms with Crippen molar-refractivity contribution in [3.8, 4) is 11.4 Å². The summed E-state index contributed by atoms with van der Waals surface area (Å²) in [7, 11) is 0. The summed E-state index contributed by atoms with van der Waals surface area (Å²) in [6.45, 7) is 8.62. The summed E-state index contributed by atoms with van der Waals surface area (Å²) in [6.07, 6.45) is 7.66. The van der Waals surface area contributed by atoms with Gasteiger partial charge in [-0.15, -0.1) is 0 Å². The third-order valence-electron chi connectivity index (χ3n) is 5.98. The summed E-state index contributed by atoms with van der Waals surface area (Å²) in [5.74, 6) is 1.34. The Morgan fingerprint density at radius 2 is 2.03 bits per heavy atom. The van der Waals surface area contributed by atoms with Crippen LogP contribution in [-0.4, -0.2) is 38.6 Å². The number of hydrogen-bond donors (Lipinski definition) is 1. The number of pyridine rings is 1. The molecule has 0 bridgehead atoms. The number of amides is 2. The SMILES string of the molecule is Cc1ccc(NC(=O)N2CCCC(Cn3c(C)cnc3-c3cccnc3)C2)cc1C. The highest BCUT2D eigenvalue weighted by atomic mass is 16.2. The minimum atomic E-state index is -0.0159. The van der Waals surface area contributed by atoms with E-state index in [9.17, 15) is 4.79 Å². The maximum absolute atomic E-state index is 12.9. The van der Waals surface area contributed by atoms with Crippen molar-refractivity contribution in [2.45, 2.75) is 40.2 Å². The number of nitrogens with zero attached hydrogens (tertiary/aromatic N) is 4. The number of aromatic nitrogens is 3. The first-order valence-corrected chi connectivity index (χ1v) is 10.6. The molecule has 0 saturated carbocycles. The highest BCUT2D eigenvalue weighted by Gasteiger charge is 2.25. The number of carbonyl (C=O) groups excluding carboxylic acids is 1. The lowest BCUT2D eigenvalue weighted by Crippen LogP contribution is -2.43. The molecule has 0 radical (unpaired) electrons. The van der Waals surface area contributed by atoms with Crippen LogP contribution in [0, 0.1) is 26.7 Å². The number of hydrogen-bond acceptors (Lipinski definition) is 3. The zero-order valence-corrected chi connectivity index (χ0v) is 17.9. The number of imidazole rings is 1. The van der Waals surface area contributed by atoms with Gasteiger partial charge in [-0.1, -0.05) is 6.07 Å². The normalized spacial score (nSPS) is 16.5. The van der Waals surface area contributed by atoms with Crippen LogP contribution in [0.1, 0.15) is 29.7 Å². The summed E-state index contributed by atoms with van der Waals surface area (Å²) in [4.78, 5) is 23.6. The molecule has 6 heteroatoms. The number of rotatable bonds is 4. The predicted octanol–water partition coefficient (Wildman–Crippen LogP) is 4.81. The van der Waals surface area contributed by atoms with Gasteiger partial charge in [0, 0.05) is 55.2 Å². The van der Waals surface area contributed by atoms with Gasteiger partial charge < -0.3 is 14.8 Å². The number of piperidine rings is 1. The smallest absolute Gasteiger partial charge is 0.321 e. The van der Waals surface area contributed by atoms with Crippen LogP contribution in [0.2, 0.25) is 0 Å². The minimum Gasteiger partial charge on any atom is -0.328 e. The van der Waals surface area contributed by atoms with E-state index < -0.39 is 0 Å². The van der Waals surface area contributed by atoms with Crippen LogP contribution >= 0.6 is 0 Å². The molecule has 0 aliphatic carbocycles. The monoisotopic (exact) mass is 403 g/mol. The van der Waals surface area contributed by atoms with Gasteiger partial charge in [-0.25, -0.2) is 9.78 Å². The van der Waals surface area contributed by atoms with Gasteiger partial charge in [-0.2, -0.15) is 0 Å². The number of likely N-dealkylation sites (tertiary alicyclic amines) is 1. The number of carbonyl (C=O) groups is 1. The van der Waals surface area contributed by atoms with Crippen molar-refractivity contribution in [1.29, 1.82) is 0 Å². The fraction of sp³-hybridized carbons (Fsp3) is 0.375. The molecule has 3 heterocycles. The molecule has 1 saturated heterocycles. The third kappa shape index (κ3) is 4.37. The van der Waals surface area contributed by atoms with Crippen LogP contribution in [0.25, 0.3) is 11.4 Å². The van der Waals surface area contributed by atoms with E-state index in [0.29, 0.717) is 5.92 Å². The lowest BCUT2D eigenvalue weighted by molar-refractivity contribution is 0.170. The van der Waals surface area contributed by atoms with Gasteiger partial charge in [0.15, 0.2) is 0 Å². The van der Waals surface area contributed by atoms with Gasteiger partial charge >= 0.3 is 6.03 Å². The minimum absolute atomic E-state index is 0.0159. The molecule has 1 atom stereocenters. The Bertz CT molecular complexity index is 1030. The Balaban J connectivity index is 1.44. The molecular formula is C24H29N5O. The van der Waals surface area contributed by atoms with Crippen LogP contribution in [0.3, 0.4) is 0 Å². The van der Waals surface area contributed by atoms with Crippen LogP contribution in [-0.2, 0) is 6.54 Å². The van der Waals surface area contributed by atoms with Crippen molar-refractivity contribution in [3.63, 3.8) is 0 Å². The molecule has 1 N–H and O–H groups in total. The maximum atomic E-state index is 12.9. The van der Waals surface area contributed by atoms with Crippen molar-refractivity contribution in [2.75, 3.05) is 18.4 Å². The number of nitrogens with one attached hydrogen (secondary N) is 1. The molecule has 1 aliphatic rings. The van der Waals surface area contributed by atoms with Crippen LogP contribution < -0.4 is 5.32 Å². The zero-order valence-electron chi connectivity index (χ0n) is 17.9. The summed E-state index contributed by atoms with van der Waals surface area (Å²) >= 11 is 0. The largest absolute Gasteiger partial charge is 0.328 e. The Morgan fingerprint density at radius 3 is 2.80 bits per heavy atom. The average molecular weight is 404 g/mol. The van der Waals surface area contributed by atoms with E-state index in [1.807, 2.05) is 47.6 Å². The second kappa shape index (κ2) is 8.69. The van der Waals surface area contributed by atoms with Crippen molar-refractivity contribution < 1.29 is 4.79 Å². The van der Waals surface area contributed by atoms with Crippen LogP contribution in [0.4, 0.5) is 10.5 Å². The highest BCUT2D eigenvalue weighted by Crippen LogP contribution is 2.25. The third-order valence-corrected chi connectivity index (χ3v) is 5.98. The molecule has 6 nitrogen and oxygen atoms in total. The molecule has 1 aliphatic heterocycles. The van der Waals surface area contributed by atoms with E-state index in [2.05, 4.69) is 40.6 Å². The summed E-state index contributed by atoms with van der Waals surface area (Å²) in [5, 5.41) is 3.07. The van der Waals surface area contributed by atoms with Gasteiger partial charge in [-0.05, 0) is 74.9 Å². The Morgan fingerprint density at radius 1 is 1.17 bits per heavy atom. The molecule has 1 aromatic carbocycles. The van der Waals surface area contributed by atoms with Gasteiger partial charge in [0.25, 0.3) is 0 Å². The molecule has 3 aromatic rings. The van der Waals surface area contributed by atoms with Crippen molar-refractivity contribution >= 4 is 11.7 Å². The molecule has 1 unspecified atom stereocenters. The summed E-state index contributed by atoms with van der Waals surface area (Å²) in [5.41, 5.74) is 5.42. The van der Waals surface area contributed by atoms with Gasteiger partial charge in [0.05, 0.1) is 0 Å². The summed E-state index contributed by atoms with van der Waals surface area (Å²) in [6, 6.07) is 10.0. The first kappa shape index (κ1) is 20.1. The standard InChI is InChI=1S/C24H29N5O/c1-17-8-9-22(12-18(17)2)27-24(30)28-11-5-6-20(15-28)16-29-19(3)13-26-23(29)21-7-4-10-25-14-21/h4,7-10,12-14,20H,5-6,11,15-16H2,1-3H3,(H,27,30). The lowest BCUT2D eigenvalue weighted by Gasteiger charge is -2.33. The Labute approximate surface area is 178 Å². The van der Waals surface area contributed by atoms with Crippen LogP contribution in [0.5, 0.6) is 0 Å². The highest BCUT2D eigenvalue weighted by molar-refractivity contribution is 5.89. The van der Waals surface area contributed by atoms with Gasteiger partial charge in [-0.3, -0.25) is 4.98 Å². The van der Waals surface area contributed by atoms with E-state index in [1.165, 1.54) is 11.1 Å². The molecule has 156 valence electrons. The van der Waals surface area contributed by atoms with Crippen molar-refractivity contribution in [1.82, 2.24) is 19.4 Å². The first-order chi connectivity index (χ1) is 14.5. The number of aryl methyl sites for hydroxylation is 3. The fourth-order valence-corrected chi connectivity index (χ4v) is 4.10. The number of anilines is 1. The molecule has 2 aromatic heterocycles. The van der Waals surface area contributed by atoms with E-state index in [4.69, 9.17) is 0 Å². The van der Waals surface area contributed by atoms with Crippen LogP contribution in [0.15, 0.2) is 48.9 Å². The van der Waals surface area contributed by atoms with Crippen molar-refractivity contribution in [2.24, 2.45) is 5.92 Å². The van der Waals surface area contributed by atoms with Gasteiger partial charge in [0.2, 0.25) is 0 Å². The average Bonchev–Trinajstić information content (AvgIpc) is 3.12. The van der Waals surface area contributed by atoms with E-state index in [-0.39, 0.29) is 6.03 Å². The van der Waals surface area contributed by atoms with Crippen molar-refractivity contribution in [3.05, 3.63) is 65.7 Å². The quantitative estimate of drug-likeness (QED) is 0.680. The molecule has 0 spiro atoms. The molecule has 4 rings (SSSR count). The molecule has 2 amide bonds. The molecular weight excluding hydrogens is 374 g/mol. The van der Waals surface area contributed by atoms with E-state index in [0.717, 1.165) is 55.2 Å². The van der Waals surface area contributed by atoms with E-state index in [1.54, 1.807) is 6.20 Å². The lowest BCUT2D eigenvalue weighted by atomic mass is 9.98. The first-order valence-electron chi connectivity index (χ1n) is 10.6. The maximum Gasteiger partial charge on any atom is 0.321 e. The Kier molecular flexibility index (Phi) is 5.84. The predicted molar refractivity (Wildman–Crippen MR) is 119 cm³/mol. The zero-order chi connectivity index (χ0) is 21.1. The summed E-state index contributed by atoms with van der Waals surface area (Å²) < 4.78 is 2.26. The number of urea groups is 1. The second-order valence-electron chi connectivity index (χ2n) is 8.26.